The van der Waals surface area contributed by atoms with Crippen LogP contribution in [0, 0.1) is 63.7 Å². The lowest BCUT2D eigenvalue weighted by molar-refractivity contribution is 0.254. The molecule has 0 radical (unpaired) electrons. The largest absolute Gasteiger partial charge is 0.493 e. The molecule has 0 aliphatic carbocycles. The lowest BCUT2D eigenvalue weighted by Crippen LogP contribution is -2.21. The highest BCUT2D eigenvalue weighted by atomic mass is 19.1. The van der Waals surface area contributed by atoms with Gasteiger partial charge in [-0.3, -0.25) is 0 Å². The van der Waals surface area contributed by atoms with Crippen molar-refractivity contribution in [3.8, 4) is 57.5 Å². The number of anilines is 10. The summed E-state index contributed by atoms with van der Waals surface area (Å²) in [5.74, 6) is 8.17. The summed E-state index contributed by atoms with van der Waals surface area (Å²) in [5, 5.41) is 20.0. The average Bonchev–Trinajstić information content (AvgIpc) is 1.69. The maximum atomic E-state index is 14.3. The monoisotopic (exact) mass is 2040 g/mol. The van der Waals surface area contributed by atoms with Crippen molar-refractivity contribution in [2.45, 2.75) is 126 Å². The van der Waals surface area contributed by atoms with Crippen molar-refractivity contribution in [1.29, 1.82) is 0 Å². The van der Waals surface area contributed by atoms with Crippen molar-refractivity contribution >= 4 is 112 Å². The van der Waals surface area contributed by atoms with E-state index in [0.717, 1.165) is 155 Å². The first-order valence-corrected chi connectivity index (χ1v) is 50.3. The minimum Gasteiger partial charge on any atom is -0.493 e. The molecule has 0 saturated carbocycles. The van der Waals surface area contributed by atoms with Crippen LogP contribution < -0.4 is 74.0 Å². The van der Waals surface area contributed by atoms with Crippen LogP contribution in [-0.4, -0.2) is 243 Å². The fraction of sp³-hybridized carbons (Fsp3) is 0.386. The third kappa shape index (κ3) is 31.9. The van der Waals surface area contributed by atoms with Gasteiger partial charge in [0.15, 0.2) is 57.5 Å². The number of methoxy groups -OCH3 is 5. The van der Waals surface area contributed by atoms with Gasteiger partial charge in [-0.2, -0.15) is 0 Å². The van der Waals surface area contributed by atoms with Gasteiger partial charge in [-0.1, -0.05) is 13.5 Å². The maximum absolute atomic E-state index is 14.3. The van der Waals surface area contributed by atoms with Gasteiger partial charge in [0.25, 0.3) is 0 Å². The standard InChI is InChI=1S/C24H29FN4O2.2C23H27FN4O2.C22H27FN4O2.C21H25FN4O2.CH4/c1-17-13-18(7-8-20(17)25)28-24-19-14-22(30-2)23(15-21(19)26-16-27-24)31-12-6-5-11-29-9-3-4-10-29;1-16-12-17(6-7-19(16)24)27-23-18-13-21(29-2)22(14-20(18)25-15-26-23)30-11-5-10-28-8-3-4-9-28;1-16-6-7-19(18(24)12-16)27-23-17-13-21(29-2)22(14-20(17)25-15-26-23)30-11-5-10-28-8-3-4-9-28;1-15-11-16(7-8-18(15)23)26-22-17-12-20(28-4)21(13-19(17)24-14-25-22)29-10-6-5-9-27(2)3;1-14-10-15(6-7-17(14)22)25-21-16-11-19(27-4)20(12-18(16)23-13-24-21)28-9-5-8-26(2)3;/h7-8,13-16H,3-6,9-12H2,1-2H3,(H,26,27,28);2*6-7,12-15H,3-5,8-11H2,1-2H3,(H,25,26,27);7-8,11-14H,5-6,9-10H2,1-4H3,(H,24,25,26);6-7,10-13H,5,8-9H2,1-4H3,(H,23,24,25);1H4. The summed E-state index contributed by atoms with van der Waals surface area (Å²) >= 11 is 0. The molecule has 18 rings (SSSR count). The summed E-state index contributed by atoms with van der Waals surface area (Å²) in [6.45, 7) is 24.3. The molecule has 0 bridgehead atoms. The van der Waals surface area contributed by atoms with Gasteiger partial charge < -0.3 is 98.5 Å². The first kappa shape index (κ1) is 112. The second kappa shape index (κ2) is 55.9. The molecule has 10 aromatic carbocycles. The predicted octanol–water partition coefficient (Wildman–Crippen LogP) is 23.8. The van der Waals surface area contributed by atoms with E-state index in [0.29, 0.717) is 153 Å². The van der Waals surface area contributed by atoms with Gasteiger partial charge in [0.2, 0.25) is 0 Å². The molecule has 30 nitrogen and oxygen atoms in total. The number of aryl methyl sites for hydroxylation is 5. The van der Waals surface area contributed by atoms with Crippen molar-refractivity contribution in [1.82, 2.24) is 74.3 Å². The topological polar surface area (TPSA) is 298 Å². The summed E-state index contributed by atoms with van der Waals surface area (Å²) in [7, 11) is 16.3. The minimum atomic E-state index is -0.327. The van der Waals surface area contributed by atoms with Crippen LogP contribution in [0.25, 0.3) is 54.5 Å². The van der Waals surface area contributed by atoms with Crippen LogP contribution in [0.1, 0.15) is 119 Å². The Kier molecular flexibility index (Phi) is 41.9. The van der Waals surface area contributed by atoms with Crippen molar-refractivity contribution in [2.24, 2.45) is 0 Å². The highest BCUT2D eigenvalue weighted by Gasteiger charge is 2.23. The first-order chi connectivity index (χ1) is 71.9. The van der Waals surface area contributed by atoms with E-state index in [-0.39, 0.29) is 36.5 Å². The predicted molar refractivity (Wildman–Crippen MR) is 583 cm³/mol. The third-order valence-corrected chi connectivity index (χ3v) is 25.4. The van der Waals surface area contributed by atoms with Crippen LogP contribution >= 0.6 is 0 Å². The number of halogens is 5. The third-order valence-electron chi connectivity index (χ3n) is 25.4. The van der Waals surface area contributed by atoms with Gasteiger partial charge in [-0.15, -0.1) is 0 Å². The van der Waals surface area contributed by atoms with E-state index in [9.17, 15) is 22.0 Å². The molecular weight excluding hydrogens is 1900 g/mol. The van der Waals surface area contributed by atoms with Crippen molar-refractivity contribution in [3.05, 3.63) is 240 Å². The molecule has 5 aromatic heterocycles. The molecule has 149 heavy (non-hydrogen) atoms. The number of nitrogens with one attached hydrogen (secondary N) is 5. The van der Waals surface area contributed by atoms with Crippen LogP contribution in [-0.2, 0) is 0 Å². The summed E-state index contributed by atoms with van der Waals surface area (Å²) in [6, 6.07) is 43.1. The second-order valence-corrected chi connectivity index (χ2v) is 37.1. The Bertz CT molecular complexity index is 6910. The van der Waals surface area contributed by atoms with Crippen molar-refractivity contribution in [2.75, 3.05) is 195 Å². The zero-order valence-electron chi connectivity index (χ0n) is 87.0. The van der Waals surface area contributed by atoms with Gasteiger partial charge in [0.05, 0.1) is 102 Å². The summed E-state index contributed by atoms with van der Waals surface area (Å²) < 4.78 is 126. The van der Waals surface area contributed by atoms with Crippen LogP contribution in [0.15, 0.2) is 183 Å². The molecule has 0 spiro atoms. The first-order valence-electron chi connectivity index (χ1n) is 50.3. The maximum Gasteiger partial charge on any atom is 0.163 e. The number of rotatable bonds is 42. The number of hydrogen-bond acceptors (Lipinski definition) is 30. The normalized spacial score (nSPS) is 12.9. The molecular formula is C114H139F5N20O10. The van der Waals surface area contributed by atoms with E-state index in [4.69, 9.17) is 47.4 Å². The van der Waals surface area contributed by atoms with Crippen LogP contribution in [0.3, 0.4) is 0 Å². The number of ether oxygens (including phenoxy) is 10. The van der Waals surface area contributed by atoms with E-state index in [1.54, 1.807) is 118 Å². The van der Waals surface area contributed by atoms with E-state index in [1.165, 1.54) is 140 Å². The molecule has 3 saturated heterocycles. The molecule has 35 heteroatoms. The molecule has 0 atom stereocenters. The molecule has 0 unspecified atom stereocenters. The number of aromatic nitrogens is 10. The number of unbranched alkanes of at least 4 members (excludes halogenated alkanes) is 2. The van der Waals surface area contributed by atoms with Crippen LogP contribution in [0.4, 0.5) is 79.5 Å². The van der Waals surface area contributed by atoms with E-state index < -0.39 is 0 Å². The minimum absolute atomic E-state index is 0. The molecule has 3 aliphatic rings. The Balaban J connectivity index is 0.000000155. The number of nitrogens with zero attached hydrogens (tertiary/aromatic N) is 15. The lowest BCUT2D eigenvalue weighted by atomic mass is 10.2. The molecule has 5 N–H and O–H groups in total. The zero-order chi connectivity index (χ0) is 104. The highest BCUT2D eigenvalue weighted by Crippen LogP contribution is 2.42. The second-order valence-electron chi connectivity index (χ2n) is 37.1. The van der Waals surface area contributed by atoms with Gasteiger partial charge in [0, 0.05) is 99.6 Å². The van der Waals surface area contributed by atoms with Gasteiger partial charge in [-0.05, 0) is 342 Å². The summed E-state index contributed by atoms with van der Waals surface area (Å²) in [5.41, 5.74) is 10.2. The summed E-state index contributed by atoms with van der Waals surface area (Å²) in [6.07, 6.45) is 22.3. The van der Waals surface area contributed by atoms with Gasteiger partial charge in [0.1, 0.15) is 89.8 Å². The number of benzene rings is 10. The Labute approximate surface area is 869 Å². The zero-order valence-corrected chi connectivity index (χ0v) is 87.0. The van der Waals surface area contributed by atoms with Crippen LogP contribution in [0.2, 0.25) is 0 Å². The fourth-order valence-corrected chi connectivity index (χ4v) is 17.3. The molecule has 3 aliphatic heterocycles. The van der Waals surface area contributed by atoms with Gasteiger partial charge >= 0.3 is 0 Å². The average molecular weight is 2040 g/mol. The van der Waals surface area contributed by atoms with Gasteiger partial charge in [-0.25, -0.2) is 71.8 Å². The molecule has 3 fully saturated rings. The summed E-state index contributed by atoms with van der Waals surface area (Å²) in [4.78, 5) is 55.3. The molecule has 15 aromatic rings. The fourth-order valence-electron chi connectivity index (χ4n) is 17.3. The SMILES string of the molecule is C.COc1cc2c(Nc3ccc(C)cc3F)ncnc2cc1OCCCN1CCCC1.COc1cc2c(Nc3ccc(F)c(C)c3)ncnc2cc1OCCCCN(C)C.COc1cc2c(Nc3ccc(F)c(C)c3)ncnc2cc1OCCCCN1CCCC1.COc1cc2c(Nc3ccc(F)c(C)c3)ncnc2cc1OCCCN(C)C.COc1cc2c(Nc3ccc(F)c(C)c3)ncnc2cc1OCCCN1CCCC1. The Morgan fingerprint density at radius 1 is 0.268 bits per heavy atom. The Hall–Kier alpha value is -14.7. The Morgan fingerprint density at radius 2 is 0.523 bits per heavy atom. The number of fused-ring (bicyclic) bond motifs is 5. The number of hydrogen-bond donors (Lipinski definition) is 5. The molecule has 8 heterocycles. The van der Waals surface area contributed by atoms with E-state index >= 15 is 0 Å². The van der Waals surface area contributed by atoms with E-state index in [1.807, 2.05) is 87.7 Å². The van der Waals surface area contributed by atoms with E-state index in [2.05, 4.69) is 115 Å². The number of likely N-dealkylation sites (tertiary alicyclic amines) is 3. The quantitative estimate of drug-likeness (QED) is 0.0175. The highest BCUT2D eigenvalue weighted by molar-refractivity contribution is 5.97. The molecule has 0 amide bonds. The van der Waals surface area contributed by atoms with Crippen LogP contribution in [0.5, 0.6) is 57.5 Å². The van der Waals surface area contributed by atoms with Crippen molar-refractivity contribution in [3.63, 3.8) is 0 Å². The van der Waals surface area contributed by atoms with Crippen molar-refractivity contribution < 1.29 is 69.3 Å². The molecule has 790 valence electrons. The smallest absolute Gasteiger partial charge is 0.163 e. The lowest BCUT2D eigenvalue weighted by Gasteiger charge is -2.16. The Morgan fingerprint density at radius 3 is 0.792 bits per heavy atom.